The molecular weight excluding hydrogens is 641 g/mol. The van der Waals surface area contributed by atoms with Crippen LogP contribution in [0.4, 0.5) is 19.0 Å². The molecule has 0 unspecified atom stereocenters. The Labute approximate surface area is 260 Å². The summed E-state index contributed by atoms with van der Waals surface area (Å²) in [7, 11) is -3.37. The number of thiophene rings is 1. The van der Waals surface area contributed by atoms with E-state index in [1.165, 1.54) is 11.3 Å². The Morgan fingerprint density at radius 1 is 1.04 bits per heavy atom. The van der Waals surface area contributed by atoms with Gasteiger partial charge in [-0.05, 0) is 68.0 Å². The third-order valence-electron chi connectivity index (χ3n) is 6.06. The van der Waals surface area contributed by atoms with Gasteiger partial charge in [0, 0.05) is 28.9 Å². The van der Waals surface area contributed by atoms with Crippen LogP contribution in [-0.2, 0) is 38.8 Å². The quantitative estimate of drug-likeness (QED) is 0.287. The van der Waals surface area contributed by atoms with E-state index >= 15 is 0 Å². The molecule has 45 heavy (non-hydrogen) atoms. The van der Waals surface area contributed by atoms with Crippen molar-refractivity contribution in [1.82, 2.24) is 4.98 Å². The Bertz CT molecular complexity index is 1670. The molecule has 2 amide bonds. The zero-order valence-corrected chi connectivity index (χ0v) is 25.8. The first kappa shape index (κ1) is 36.8. The van der Waals surface area contributed by atoms with Crippen LogP contribution < -0.4 is 16.4 Å². The lowest BCUT2D eigenvalue weighted by molar-refractivity contribution is -0.192. The molecule has 0 radical (unpaired) electrons. The predicted molar refractivity (Wildman–Crippen MR) is 159 cm³/mol. The molecule has 0 saturated heterocycles. The third-order valence-corrected chi connectivity index (χ3v) is 8.69. The molecule has 0 fully saturated rings. The summed E-state index contributed by atoms with van der Waals surface area (Å²) in [4.78, 5) is 50.7. The van der Waals surface area contributed by atoms with Crippen LogP contribution in [0.2, 0.25) is 0 Å². The second kappa shape index (κ2) is 15.6. The maximum absolute atomic E-state index is 12.6. The van der Waals surface area contributed by atoms with Gasteiger partial charge in [0.15, 0.2) is 9.84 Å². The average molecular weight is 673 g/mol. The number of nitrogens with zero attached hydrogens (tertiary/aromatic N) is 2. The Hall–Kier alpha value is -4.35. The number of sulfone groups is 1. The first-order chi connectivity index (χ1) is 20.9. The number of halogens is 3. The molecule has 1 aromatic carbocycles. The second-order valence-corrected chi connectivity index (χ2v) is 12.7. The predicted octanol–water partition coefficient (Wildman–Crippen LogP) is 3.34. The number of carbonyl (C=O) groups is 4. The van der Waals surface area contributed by atoms with E-state index < -0.39 is 46.3 Å². The zero-order valence-electron chi connectivity index (χ0n) is 24.1. The van der Waals surface area contributed by atoms with Crippen molar-refractivity contribution in [2.45, 2.75) is 50.2 Å². The number of benzene rings is 1. The van der Waals surface area contributed by atoms with E-state index in [2.05, 4.69) is 4.98 Å². The van der Waals surface area contributed by atoms with Gasteiger partial charge in [-0.2, -0.15) is 13.2 Å². The molecule has 1 aliphatic carbocycles. The summed E-state index contributed by atoms with van der Waals surface area (Å²) in [5.41, 5.74) is 13.5. The number of amides is 2. The highest BCUT2D eigenvalue weighted by Crippen LogP contribution is 2.37. The SMILES string of the molecule is CS(=O)(=O)c1c(C(N)=O)sc2c1CCCC2.Cc1cccc(N(CC(=O)O)C(=O)c2cccc(CN)c2)n1.O=C(O)C(F)(F)F. The Kier molecular flexibility index (Phi) is 12.8. The molecule has 6 N–H and O–H groups in total. The minimum atomic E-state index is -5.08. The number of aromatic nitrogens is 1. The van der Waals surface area contributed by atoms with Crippen molar-refractivity contribution in [3.05, 3.63) is 74.6 Å². The minimum Gasteiger partial charge on any atom is -0.480 e. The topological polar surface area (TPSA) is 211 Å². The van der Waals surface area contributed by atoms with Gasteiger partial charge < -0.3 is 21.7 Å². The molecule has 4 rings (SSSR count). The molecule has 0 spiro atoms. The molecule has 17 heteroatoms. The molecule has 12 nitrogen and oxygen atoms in total. The van der Waals surface area contributed by atoms with Crippen LogP contribution in [0, 0.1) is 6.92 Å². The van der Waals surface area contributed by atoms with Crippen LogP contribution in [0.3, 0.4) is 0 Å². The van der Waals surface area contributed by atoms with E-state index in [0.29, 0.717) is 23.6 Å². The van der Waals surface area contributed by atoms with Crippen molar-refractivity contribution in [2.24, 2.45) is 11.5 Å². The van der Waals surface area contributed by atoms with Crippen molar-refractivity contribution in [1.29, 1.82) is 0 Å². The van der Waals surface area contributed by atoms with Gasteiger partial charge in [0.25, 0.3) is 11.8 Å². The number of aliphatic carboxylic acids is 2. The molecule has 3 aromatic rings. The number of rotatable bonds is 7. The standard InChI is InChI=1S/C16H17N3O3.C10H13NO3S2.C2HF3O2/c1-11-4-2-7-14(18-11)19(10-15(20)21)16(22)13-6-3-5-12(8-13)9-17;1-16(13,14)9-6-4-2-3-5-7(6)15-8(9)10(11)12;3-2(4,5)1(6)7/h2-8H,9-10,17H2,1H3,(H,20,21);2-5H2,1H3,(H2,11,12);(H,6,7). The maximum atomic E-state index is 12.6. The van der Waals surface area contributed by atoms with Crippen molar-refractivity contribution >= 4 is 50.7 Å². The Morgan fingerprint density at radius 2 is 1.64 bits per heavy atom. The maximum Gasteiger partial charge on any atom is 0.490 e. The van der Waals surface area contributed by atoms with E-state index in [9.17, 15) is 36.0 Å². The molecule has 0 aliphatic heterocycles. The number of carboxylic acids is 2. The van der Waals surface area contributed by atoms with Gasteiger partial charge in [0.2, 0.25) is 0 Å². The number of primary amides is 1. The normalized spacial score (nSPS) is 12.4. The van der Waals surface area contributed by atoms with Gasteiger partial charge in [-0.25, -0.2) is 18.2 Å². The number of nitrogens with two attached hydrogens (primary N) is 2. The first-order valence-corrected chi connectivity index (χ1v) is 15.8. The van der Waals surface area contributed by atoms with E-state index in [1.807, 2.05) is 6.07 Å². The molecule has 244 valence electrons. The number of hydrogen-bond donors (Lipinski definition) is 4. The number of carbonyl (C=O) groups excluding carboxylic acids is 2. The molecule has 2 aromatic heterocycles. The van der Waals surface area contributed by atoms with Crippen LogP contribution in [-0.4, -0.2) is 66.3 Å². The van der Waals surface area contributed by atoms with Crippen LogP contribution in [0.25, 0.3) is 0 Å². The van der Waals surface area contributed by atoms with E-state index in [0.717, 1.165) is 52.8 Å². The van der Waals surface area contributed by atoms with Gasteiger partial charge in [0.1, 0.15) is 17.2 Å². The summed E-state index contributed by atoms with van der Waals surface area (Å²) in [6.07, 6.45) is -0.326. The number of alkyl halides is 3. The fraction of sp³-hybridized carbons (Fsp3) is 0.321. The molecule has 2 heterocycles. The van der Waals surface area contributed by atoms with Gasteiger partial charge >= 0.3 is 18.1 Å². The highest BCUT2D eigenvalue weighted by atomic mass is 32.2. The lowest BCUT2D eigenvalue weighted by atomic mass is 9.99. The summed E-state index contributed by atoms with van der Waals surface area (Å²) >= 11 is 1.24. The van der Waals surface area contributed by atoms with Crippen molar-refractivity contribution in [3.8, 4) is 0 Å². The van der Waals surface area contributed by atoms with E-state index in [4.69, 9.17) is 26.5 Å². The highest BCUT2D eigenvalue weighted by Gasteiger charge is 2.38. The lowest BCUT2D eigenvalue weighted by Crippen LogP contribution is -2.36. The Balaban J connectivity index is 0.000000267. The number of hydrogen-bond acceptors (Lipinski definition) is 9. The smallest absolute Gasteiger partial charge is 0.480 e. The molecule has 0 atom stereocenters. The molecule has 1 aliphatic rings. The lowest BCUT2D eigenvalue weighted by Gasteiger charge is -2.20. The highest BCUT2D eigenvalue weighted by molar-refractivity contribution is 7.91. The summed E-state index contributed by atoms with van der Waals surface area (Å²) in [6, 6.07) is 11.9. The van der Waals surface area contributed by atoms with Gasteiger partial charge in [-0.15, -0.1) is 11.3 Å². The zero-order chi connectivity index (χ0) is 34.1. The van der Waals surface area contributed by atoms with Crippen LogP contribution >= 0.6 is 11.3 Å². The largest absolute Gasteiger partial charge is 0.490 e. The number of aryl methyl sites for hydroxylation is 2. The summed E-state index contributed by atoms with van der Waals surface area (Å²) in [5, 5.41) is 16.2. The van der Waals surface area contributed by atoms with Gasteiger partial charge in [-0.3, -0.25) is 19.3 Å². The van der Waals surface area contributed by atoms with Crippen LogP contribution in [0.5, 0.6) is 0 Å². The molecule has 0 saturated carbocycles. The van der Waals surface area contributed by atoms with Gasteiger partial charge in [0.05, 0.1) is 4.90 Å². The van der Waals surface area contributed by atoms with Crippen molar-refractivity contribution < 1.29 is 51.0 Å². The van der Waals surface area contributed by atoms with Crippen molar-refractivity contribution in [2.75, 3.05) is 17.7 Å². The summed E-state index contributed by atoms with van der Waals surface area (Å²) in [6.45, 7) is 1.63. The monoisotopic (exact) mass is 672 g/mol. The number of carboxylic acid groups (broad SMARTS) is 2. The van der Waals surface area contributed by atoms with Crippen molar-refractivity contribution in [3.63, 3.8) is 0 Å². The number of anilines is 1. The van der Waals surface area contributed by atoms with Crippen LogP contribution in [0.1, 0.15) is 54.6 Å². The van der Waals surface area contributed by atoms with Crippen LogP contribution in [0.15, 0.2) is 47.4 Å². The fourth-order valence-electron chi connectivity index (χ4n) is 4.15. The molecule has 0 bridgehead atoms. The van der Waals surface area contributed by atoms with E-state index in [-0.39, 0.29) is 9.77 Å². The number of pyridine rings is 1. The fourth-order valence-corrected chi connectivity index (χ4v) is 7.04. The summed E-state index contributed by atoms with van der Waals surface area (Å²) in [5.74, 6) is -4.61. The minimum absolute atomic E-state index is 0.180. The first-order valence-electron chi connectivity index (χ1n) is 13.1. The third kappa shape index (κ3) is 10.6. The summed E-state index contributed by atoms with van der Waals surface area (Å²) < 4.78 is 55.1. The second-order valence-electron chi connectivity index (χ2n) is 9.64. The van der Waals surface area contributed by atoms with Gasteiger partial charge in [-0.1, -0.05) is 18.2 Å². The average Bonchev–Trinajstić information content (AvgIpc) is 3.37. The Morgan fingerprint density at radius 3 is 2.16 bits per heavy atom. The number of fused-ring (bicyclic) bond motifs is 1. The van der Waals surface area contributed by atoms with E-state index in [1.54, 1.807) is 43.3 Å². The molecular formula is C28H31F3N4O8S2.